The number of carbonyl (C=O) groups excluding carboxylic acids is 1. The van der Waals surface area contributed by atoms with Crippen molar-refractivity contribution in [1.29, 1.82) is 0 Å². The lowest BCUT2D eigenvalue weighted by Gasteiger charge is -2.61. The summed E-state index contributed by atoms with van der Waals surface area (Å²) < 4.78 is 5.76. The highest BCUT2D eigenvalue weighted by atomic mass is 16.5. The minimum atomic E-state index is -0.0232. The third kappa shape index (κ3) is 11.5. The Hall–Kier alpha value is -1.57. The van der Waals surface area contributed by atoms with Crippen LogP contribution in [0.2, 0.25) is 0 Å². The van der Waals surface area contributed by atoms with Crippen LogP contribution in [0.15, 0.2) is 48.6 Å². The molecule has 0 aromatic heterocycles. The van der Waals surface area contributed by atoms with Crippen LogP contribution >= 0.6 is 0 Å². The molecule has 2 heteroatoms. The molecular formula is C48H80O2. The van der Waals surface area contributed by atoms with E-state index in [4.69, 9.17) is 4.74 Å². The lowest BCUT2D eigenvalue weighted by Crippen LogP contribution is -2.53. The fraction of sp³-hybridized carbons (Fsp3) is 0.812. The van der Waals surface area contributed by atoms with Crippen molar-refractivity contribution in [2.24, 2.45) is 58.2 Å². The SMILES string of the molecule is CCCCCC=CCC=CCC=CCC=CCCCC(=O)OCC(C)[C@@H](C)CC[C@@H](C)[C@H]1CC[C@H]2[C@@H]3CCC4CCCC[C@]4(C)[C@H]3CC[C@]12C. The molecule has 0 heterocycles. The number of unbranched alkanes of at least 4 members (excludes halogenated alkanes) is 4. The molecule has 2 unspecified atom stereocenters. The molecule has 10 atom stereocenters. The van der Waals surface area contributed by atoms with Crippen LogP contribution in [0.25, 0.3) is 0 Å². The summed E-state index contributed by atoms with van der Waals surface area (Å²) in [7, 11) is 0. The molecule has 0 amide bonds. The third-order valence-electron chi connectivity index (χ3n) is 15.1. The van der Waals surface area contributed by atoms with E-state index < -0.39 is 0 Å². The van der Waals surface area contributed by atoms with E-state index in [9.17, 15) is 4.79 Å². The maximum absolute atomic E-state index is 12.5. The van der Waals surface area contributed by atoms with E-state index in [1.807, 2.05) is 0 Å². The summed E-state index contributed by atoms with van der Waals surface area (Å²) in [6.45, 7) is 15.5. The Balaban J connectivity index is 1.05. The largest absolute Gasteiger partial charge is 0.465 e. The van der Waals surface area contributed by atoms with Crippen molar-refractivity contribution in [2.75, 3.05) is 6.61 Å². The monoisotopic (exact) mass is 689 g/mol. The number of fused-ring (bicyclic) bond motifs is 5. The second-order valence-corrected chi connectivity index (χ2v) is 18.3. The molecule has 50 heavy (non-hydrogen) atoms. The van der Waals surface area contributed by atoms with Gasteiger partial charge in [0.25, 0.3) is 0 Å². The van der Waals surface area contributed by atoms with Gasteiger partial charge in [-0.2, -0.15) is 0 Å². The molecule has 0 aromatic carbocycles. The van der Waals surface area contributed by atoms with Crippen LogP contribution in [0, 0.1) is 58.2 Å². The summed E-state index contributed by atoms with van der Waals surface area (Å²) in [5.74, 6) is 6.72. The van der Waals surface area contributed by atoms with E-state index in [2.05, 4.69) is 90.2 Å². The van der Waals surface area contributed by atoms with Gasteiger partial charge in [-0.1, -0.05) is 129 Å². The van der Waals surface area contributed by atoms with Gasteiger partial charge in [0.05, 0.1) is 6.61 Å². The van der Waals surface area contributed by atoms with Crippen LogP contribution in [0.5, 0.6) is 0 Å². The zero-order valence-corrected chi connectivity index (χ0v) is 33.8. The van der Waals surface area contributed by atoms with Gasteiger partial charge in [0.2, 0.25) is 0 Å². The van der Waals surface area contributed by atoms with Gasteiger partial charge in [-0.05, 0) is 154 Å². The van der Waals surface area contributed by atoms with Crippen LogP contribution < -0.4 is 0 Å². The molecule has 0 spiro atoms. The minimum Gasteiger partial charge on any atom is -0.465 e. The highest BCUT2D eigenvalue weighted by molar-refractivity contribution is 5.69. The van der Waals surface area contributed by atoms with Crippen LogP contribution in [0.4, 0.5) is 0 Å². The van der Waals surface area contributed by atoms with Gasteiger partial charge < -0.3 is 4.74 Å². The number of hydrogen-bond donors (Lipinski definition) is 0. The smallest absolute Gasteiger partial charge is 0.305 e. The Labute approximate surface area is 310 Å². The Morgan fingerprint density at radius 2 is 1.34 bits per heavy atom. The number of esters is 1. The molecule has 4 rings (SSSR count). The molecule has 4 fully saturated rings. The average molecular weight is 689 g/mol. The first-order valence-corrected chi connectivity index (χ1v) is 22.0. The van der Waals surface area contributed by atoms with Gasteiger partial charge >= 0.3 is 5.97 Å². The lowest BCUT2D eigenvalue weighted by atomic mass is 9.44. The molecule has 0 N–H and O–H groups in total. The van der Waals surface area contributed by atoms with Gasteiger partial charge in [0.1, 0.15) is 0 Å². The van der Waals surface area contributed by atoms with E-state index in [1.165, 1.54) is 103 Å². The second kappa shape index (κ2) is 21.2. The summed E-state index contributed by atoms with van der Waals surface area (Å²) in [6, 6.07) is 0. The van der Waals surface area contributed by atoms with Crippen LogP contribution in [0.3, 0.4) is 0 Å². The molecule has 0 saturated heterocycles. The first kappa shape index (κ1) is 41.2. The normalized spacial score (nSPS) is 33.1. The fourth-order valence-corrected chi connectivity index (χ4v) is 11.7. The van der Waals surface area contributed by atoms with Gasteiger partial charge in [0.15, 0.2) is 0 Å². The molecular weight excluding hydrogens is 609 g/mol. The average Bonchev–Trinajstić information content (AvgIpc) is 3.47. The van der Waals surface area contributed by atoms with E-state index in [-0.39, 0.29) is 5.97 Å². The van der Waals surface area contributed by atoms with Crippen molar-refractivity contribution in [2.45, 2.75) is 183 Å². The number of carbonyl (C=O) groups is 1. The fourth-order valence-electron chi connectivity index (χ4n) is 11.7. The highest BCUT2D eigenvalue weighted by Gasteiger charge is 2.60. The summed E-state index contributed by atoms with van der Waals surface area (Å²) in [6.07, 6.45) is 46.1. The van der Waals surface area contributed by atoms with Crippen molar-refractivity contribution in [1.82, 2.24) is 0 Å². The summed E-state index contributed by atoms with van der Waals surface area (Å²) in [5, 5.41) is 0. The Morgan fingerprint density at radius 3 is 2.04 bits per heavy atom. The summed E-state index contributed by atoms with van der Waals surface area (Å²) in [5.41, 5.74) is 1.22. The lowest BCUT2D eigenvalue weighted by molar-refractivity contribution is -0.145. The quantitative estimate of drug-likeness (QED) is 0.0681. The molecule has 2 nitrogen and oxygen atoms in total. The predicted octanol–water partition coefficient (Wildman–Crippen LogP) is 14.4. The van der Waals surface area contributed by atoms with Crippen molar-refractivity contribution in [3.05, 3.63) is 48.6 Å². The number of rotatable bonds is 21. The van der Waals surface area contributed by atoms with E-state index in [0.717, 1.165) is 67.6 Å². The Morgan fingerprint density at radius 1 is 0.680 bits per heavy atom. The van der Waals surface area contributed by atoms with Gasteiger partial charge in [-0.25, -0.2) is 0 Å². The van der Waals surface area contributed by atoms with Crippen LogP contribution in [-0.2, 0) is 9.53 Å². The van der Waals surface area contributed by atoms with E-state index in [0.29, 0.717) is 35.7 Å². The highest BCUT2D eigenvalue weighted by Crippen LogP contribution is 2.68. The van der Waals surface area contributed by atoms with Gasteiger partial charge in [-0.15, -0.1) is 0 Å². The zero-order chi connectivity index (χ0) is 35.8. The number of ether oxygens (including phenoxy) is 1. The maximum Gasteiger partial charge on any atom is 0.305 e. The molecule has 0 bridgehead atoms. The van der Waals surface area contributed by atoms with E-state index in [1.54, 1.807) is 0 Å². The Bertz CT molecular complexity index is 1100. The van der Waals surface area contributed by atoms with Crippen LogP contribution in [0.1, 0.15) is 183 Å². The minimum absolute atomic E-state index is 0.0232. The third-order valence-corrected chi connectivity index (χ3v) is 15.1. The number of allylic oxidation sites excluding steroid dienone is 8. The van der Waals surface area contributed by atoms with Crippen molar-refractivity contribution >= 4 is 5.97 Å². The first-order valence-electron chi connectivity index (χ1n) is 22.0. The topological polar surface area (TPSA) is 26.3 Å². The van der Waals surface area contributed by atoms with E-state index >= 15 is 0 Å². The molecule has 4 aliphatic carbocycles. The van der Waals surface area contributed by atoms with Crippen molar-refractivity contribution in [3.8, 4) is 0 Å². The molecule has 4 aliphatic rings. The molecule has 284 valence electrons. The van der Waals surface area contributed by atoms with Gasteiger partial charge in [-0.3, -0.25) is 4.79 Å². The van der Waals surface area contributed by atoms with Gasteiger partial charge in [0, 0.05) is 6.42 Å². The predicted molar refractivity (Wildman–Crippen MR) is 216 cm³/mol. The zero-order valence-electron chi connectivity index (χ0n) is 33.8. The molecule has 0 radical (unpaired) electrons. The summed E-state index contributed by atoms with van der Waals surface area (Å²) in [4.78, 5) is 12.5. The first-order chi connectivity index (χ1) is 24.2. The van der Waals surface area contributed by atoms with Crippen LogP contribution in [-0.4, -0.2) is 12.6 Å². The molecule has 0 aliphatic heterocycles. The maximum atomic E-state index is 12.5. The second-order valence-electron chi connectivity index (χ2n) is 18.3. The van der Waals surface area contributed by atoms with Crippen molar-refractivity contribution in [3.63, 3.8) is 0 Å². The number of hydrogen-bond acceptors (Lipinski definition) is 2. The summed E-state index contributed by atoms with van der Waals surface area (Å²) >= 11 is 0. The Kier molecular flexibility index (Phi) is 17.5. The standard InChI is InChI=1S/C48H80O2/c1-7-8-9-10-11-12-13-14-15-16-17-18-19-20-21-22-23-27-46(49)50-37-40(4)38(2)28-29-39(3)43-32-33-44-42-31-30-41-26-24-25-35-47(41,5)45(42)34-36-48(43,44)6/h11-12,14-15,17-18,20-21,38-45H,7-10,13,16,19,22-37H2,1-6H3/t38-,39+,40?,41?,42-,43+,44-,45-,47-,48+/m0/s1. The van der Waals surface area contributed by atoms with Crippen molar-refractivity contribution < 1.29 is 9.53 Å². The molecule has 0 aromatic rings. The molecule has 4 saturated carbocycles.